The molecule has 0 rings (SSSR count). The van der Waals surface area contributed by atoms with Gasteiger partial charge in [-0.25, -0.2) is 0 Å². The van der Waals surface area contributed by atoms with Crippen LogP contribution in [0.25, 0.3) is 0 Å². The van der Waals surface area contributed by atoms with E-state index in [-0.39, 0.29) is 0 Å². The van der Waals surface area contributed by atoms with Crippen molar-refractivity contribution in [3.8, 4) is 0 Å². The summed E-state index contributed by atoms with van der Waals surface area (Å²) in [6.45, 7) is 6.50. The van der Waals surface area contributed by atoms with Crippen LogP contribution in [0, 0.1) is 5.92 Å². The molecule has 0 radical (unpaired) electrons. The van der Waals surface area contributed by atoms with Crippen LogP contribution in [0.1, 0.15) is 20.8 Å². The van der Waals surface area contributed by atoms with Crippen LogP contribution in [0.4, 0.5) is 0 Å². The maximum absolute atomic E-state index is 4.97. The average molecular weight is 212 g/mol. The molecule has 0 N–H and O–H groups in total. The molecule has 0 aromatic carbocycles. The molecule has 0 aliphatic carbocycles. The Morgan fingerprint density at radius 3 is 1.00 bits per heavy atom. The summed E-state index contributed by atoms with van der Waals surface area (Å²) < 4.78 is 0. The summed E-state index contributed by atoms with van der Waals surface area (Å²) in [7, 11) is 14.9. The van der Waals surface area contributed by atoms with Gasteiger partial charge in [-0.3, -0.25) is 0 Å². The second-order valence-electron chi connectivity index (χ2n) is 1.95. The van der Waals surface area contributed by atoms with Gasteiger partial charge < -0.3 is 0 Å². The van der Waals surface area contributed by atoms with E-state index in [0.717, 1.165) is 5.92 Å². The first-order valence-electron chi connectivity index (χ1n) is 2.30. The van der Waals surface area contributed by atoms with Gasteiger partial charge in [-0.1, -0.05) is 20.8 Å². The molecule has 0 saturated heterocycles. The van der Waals surface area contributed by atoms with Crippen molar-refractivity contribution in [3.05, 3.63) is 0 Å². The second kappa shape index (κ2) is 8.58. The zero-order valence-electron chi connectivity index (χ0n) is 5.21. The summed E-state index contributed by atoms with van der Waals surface area (Å²) in [6, 6.07) is 0. The van der Waals surface area contributed by atoms with Crippen molar-refractivity contribution in [2.24, 2.45) is 5.92 Å². The van der Waals surface area contributed by atoms with Crippen LogP contribution in [-0.4, -0.2) is 0 Å². The van der Waals surface area contributed by atoms with Gasteiger partial charge in [0, 0.05) is 0 Å². The predicted octanol–water partition coefficient (Wildman–Crippen LogP) is 3.73. The topological polar surface area (TPSA) is 0 Å². The molecule has 0 bridgehead atoms. The second-order valence-corrected chi connectivity index (χ2v) is 9.68. The normalized spacial score (nSPS) is 7.88. The van der Waals surface area contributed by atoms with Crippen LogP contribution in [0.2, 0.25) is 0 Å². The molecule has 0 unspecified atom stereocenters. The number of halogens is 3. The minimum atomic E-state index is -1.92. The predicted molar refractivity (Wildman–Crippen MR) is 38.1 cm³/mol. The third kappa shape index (κ3) is 131. The molecule has 0 aromatic rings. The van der Waals surface area contributed by atoms with E-state index in [1.165, 1.54) is 0 Å². The van der Waals surface area contributed by atoms with Crippen molar-refractivity contribution in [2.45, 2.75) is 20.8 Å². The molecular formula is C4H10Cl3Ti. The van der Waals surface area contributed by atoms with Crippen molar-refractivity contribution in [2.75, 3.05) is 0 Å². The van der Waals surface area contributed by atoms with Crippen molar-refractivity contribution < 1.29 is 14.7 Å². The van der Waals surface area contributed by atoms with Crippen LogP contribution in [0.15, 0.2) is 0 Å². The first kappa shape index (κ1) is 12.3. The molecule has 0 aromatic heterocycles. The Bertz CT molecular complexity index is 26.8. The summed E-state index contributed by atoms with van der Waals surface area (Å²) in [5.41, 5.74) is 0. The number of hydrogen-bond acceptors (Lipinski definition) is 0. The fourth-order valence-corrected chi connectivity index (χ4v) is 0. The molecule has 8 heavy (non-hydrogen) atoms. The van der Waals surface area contributed by atoms with E-state index in [4.69, 9.17) is 27.9 Å². The van der Waals surface area contributed by atoms with Crippen LogP contribution in [0.5, 0.6) is 0 Å². The minimum absolute atomic E-state index is 0.833. The maximum atomic E-state index is 4.97. The van der Waals surface area contributed by atoms with Gasteiger partial charge in [-0.05, 0) is 5.92 Å². The number of hydrogen-bond donors (Lipinski definition) is 0. The molecule has 0 spiro atoms. The van der Waals surface area contributed by atoms with Gasteiger partial charge in [0.2, 0.25) is 0 Å². The molecule has 51 valence electrons. The van der Waals surface area contributed by atoms with Gasteiger partial charge in [0.05, 0.1) is 0 Å². The quantitative estimate of drug-likeness (QED) is 0.537. The van der Waals surface area contributed by atoms with Gasteiger partial charge >= 0.3 is 42.6 Å². The van der Waals surface area contributed by atoms with E-state index >= 15 is 0 Å². The van der Waals surface area contributed by atoms with E-state index in [0.29, 0.717) is 0 Å². The summed E-state index contributed by atoms with van der Waals surface area (Å²) >= 11 is -1.92. The van der Waals surface area contributed by atoms with Crippen molar-refractivity contribution in [1.29, 1.82) is 0 Å². The van der Waals surface area contributed by atoms with Gasteiger partial charge in [0.1, 0.15) is 0 Å². The van der Waals surface area contributed by atoms with Crippen LogP contribution < -0.4 is 0 Å². The fourth-order valence-electron chi connectivity index (χ4n) is 0. The van der Waals surface area contributed by atoms with Crippen LogP contribution >= 0.6 is 27.9 Å². The Labute approximate surface area is 69.0 Å². The first-order chi connectivity index (χ1) is 3.46. The Morgan fingerprint density at radius 1 is 1.00 bits per heavy atom. The van der Waals surface area contributed by atoms with Gasteiger partial charge in [0.15, 0.2) is 0 Å². The molecule has 4 heteroatoms. The summed E-state index contributed by atoms with van der Waals surface area (Å²) in [5, 5.41) is 0. The van der Waals surface area contributed by atoms with Gasteiger partial charge in [0.25, 0.3) is 0 Å². The zero-order chi connectivity index (χ0) is 7.15. The third-order valence-corrected chi connectivity index (χ3v) is 0. The van der Waals surface area contributed by atoms with E-state index in [2.05, 4.69) is 20.8 Å². The third-order valence-electron chi connectivity index (χ3n) is 0. The molecule has 0 fully saturated rings. The molecule has 0 amide bonds. The molecule has 0 atom stereocenters. The van der Waals surface area contributed by atoms with E-state index < -0.39 is 14.7 Å². The molecule has 0 aliphatic heterocycles. The average Bonchev–Trinajstić information content (AvgIpc) is 1.25. The molecule has 0 nitrogen and oxygen atoms in total. The molecule has 0 saturated carbocycles. The standard InChI is InChI=1S/C4H10.3ClH.Ti/c1-4(2)3;;;;/h4H,1-3H3;3*1H;/q;;;;+3/p-3. The SMILES string of the molecule is CC(C)C.[Cl][Ti]([Cl])[Cl]. The van der Waals surface area contributed by atoms with Crippen molar-refractivity contribution in [3.63, 3.8) is 0 Å². The Morgan fingerprint density at radius 2 is 1.00 bits per heavy atom. The summed E-state index contributed by atoms with van der Waals surface area (Å²) in [5.74, 6) is 0.833. The Balaban J connectivity index is 0. The fraction of sp³-hybridized carbons (Fsp3) is 1.00. The monoisotopic (exact) mass is 211 g/mol. The van der Waals surface area contributed by atoms with Crippen LogP contribution in [0.3, 0.4) is 0 Å². The van der Waals surface area contributed by atoms with E-state index in [1.807, 2.05) is 0 Å². The Kier molecular flexibility index (Phi) is 13.2. The first-order valence-corrected chi connectivity index (χ1v) is 8.74. The number of rotatable bonds is 0. The molecule has 0 aliphatic rings. The molecule has 0 heterocycles. The summed E-state index contributed by atoms with van der Waals surface area (Å²) in [4.78, 5) is 0. The zero-order valence-corrected chi connectivity index (χ0v) is 9.04. The van der Waals surface area contributed by atoms with Gasteiger partial charge in [-0.2, -0.15) is 0 Å². The van der Waals surface area contributed by atoms with E-state index in [9.17, 15) is 0 Å². The summed E-state index contributed by atoms with van der Waals surface area (Å²) in [6.07, 6.45) is 0. The molecular weight excluding hydrogens is 202 g/mol. The van der Waals surface area contributed by atoms with Crippen molar-refractivity contribution >= 4 is 27.9 Å². The van der Waals surface area contributed by atoms with Crippen LogP contribution in [-0.2, 0) is 14.7 Å². The Hall–Kier alpha value is 1.58. The van der Waals surface area contributed by atoms with Crippen molar-refractivity contribution in [1.82, 2.24) is 0 Å². The van der Waals surface area contributed by atoms with Gasteiger partial charge in [-0.15, -0.1) is 0 Å². The van der Waals surface area contributed by atoms with E-state index in [1.54, 1.807) is 0 Å².